The van der Waals surface area contributed by atoms with E-state index in [2.05, 4.69) is 5.32 Å². The lowest BCUT2D eigenvalue weighted by Crippen LogP contribution is -2.42. The number of hydrogen-bond acceptors (Lipinski definition) is 8. The third-order valence-electron chi connectivity index (χ3n) is 4.63. The van der Waals surface area contributed by atoms with Crippen molar-refractivity contribution < 1.29 is 27.5 Å². The van der Waals surface area contributed by atoms with Crippen molar-refractivity contribution in [3.05, 3.63) is 29.8 Å². The summed E-state index contributed by atoms with van der Waals surface area (Å²) in [5.74, 6) is 0.742. The molecule has 0 saturated carbocycles. The number of carbonyl (C=O) groups is 2. The Morgan fingerprint density at radius 2 is 2.00 bits per heavy atom. The van der Waals surface area contributed by atoms with Crippen LogP contribution in [0.5, 0.6) is 11.5 Å². The molecule has 1 aliphatic heterocycles. The van der Waals surface area contributed by atoms with Gasteiger partial charge in [0.25, 0.3) is 10.0 Å². The second-order valence-electron chi connectivity index (χ2n) is 6.99. The van der Waals surface area contributed by atoms with E-state index < -0.39 is 10.0 Å². The molecule has 0 bridgehead atoms. The fourth-order valence-electron chi connectivity index (χ4n) is 2.95. The van der Waals surface area contributed by atoms with Crippen LogP contribution in [0.2, 0.25) is 0 Å². The number of thiophene rings is 1. The molecule has 174 valence electrons. The summed E-state index contributed by atoms with van der Waals surface area (Å²) in [7, 11) is 0.826. The van der Waals surface area contributed by atoms with Gasteiger partial charge in [0.1, 0.15) is 10.8 Å². The Bertz CT molecular complexity index is 1110. The Morgan fingerprint density at radius 1 is 1.25 bits per heavy atom. The molecule has 3 rings (SSSR count). The van der Waals surface area contributed by atoms with Gasteiger partial charge in [-0.05, 0) is 30.7 Å². The maximum Gasteiger partial charge on any atom is 0.252 e. The van der Waals surface area contributed by atoms with Gasteiger partial charge in [0.05, 0.1) is 29.4 Å². The Labute approximate surface area is 195 Å². The minimum atomic E-state index is -3.62. The van der Waals surface area contributed by atoms with Gasteiger partial charge in [0.15, 0.2) is 11.5 Å². The van der Waals surface area contributed by atoms with Gasteiger partial charge in [0, 0.05) is 20.6 Å². The topological polar surface area (TPSA) is 105 Å². The largest absolute Gasteiger partial charge is 0.493 e. The molecule has 2 amide bonds. The first kappa shape index (κ1) is 24.4. The van der Waals surface area contributed by atoms with E-state index in [9.17, 15) is 18.0 Å². The zero-order valence-electron chi connectivity index (χ0n) is 18.2. The predicted molar refractivity (Wildman–Crippen MR) is 124 cm³/mol. The van der Waals surface area contributed by atoms with Crippen molar-refractivity contribution in [3.63, 3.8) is 0 Å². The maximum atomic E-state index is 12.6. The quantitative estimate of drug-likeness (QED) is 0.564. The lowest BCUT2D eigenvalue weighted by Gasteiger charge is -2.25. The summed E-state index contributed by atoms with van der Waals surface area (Å²) in [6, 6.07) is 6.85. The molecule has 1 aliphatic rings. The van der Waals surface area contributed by atoms with Gasteiger partial charge in [-0.2, -0.15) is 0 Å². The summed E-state index contributed by atoms with van der Waals surface area (Å²) in [6.45, 7) is 2.44. The molecule has 2 aromatic rings. The van der Waals surface area contributed by atoms with E-state index in [1.165, 1.54) is 36.8 Å². The van der Waals surface area contributed by atoms with Crippen LogP contribution in [0, 0.1) is 0 Å². The van der Waals surface area contributed by atoms with E-state index in [-0.39, 0.29) is 34.9 Å². The molecular weight excluding hydrogens is 474 g/mol. The molecule has 0 aliphatic carbocycles. The number of anilines is 1. The highest BCUT2D eigenvalue weighted by Gasteiger charge is 2.32. The van der Waals surface area contributed by atoms with Crippen LogP contribution in [0.4, 0.5) is 5.69 Å². The Morgan fingerprint density at radius 3 is 2.66 bits per heavy atom. The Hall–Kier alpha value is -2.28. The molecule has 0 radical (unpaired) electrons. The van der Waals surface area contributed by atoms with Crippen molar-refractivity contribution in [2.45, 2.75) is 21.9 Å². The average molecular weight is 500 g/mol. The van der Waals surface area contributed by atoms with Crippen LogP contribution in [0.15, 0.2) is 32.7 Å². The number of carbonyl (C=O) groups excluding carboxylic acids is 2. The van der Waals surface area contributed by atoms with E-state index >= 15 is 0 Å². The van der Waals surface area contributed by atoms with Crippen molar-refractivity contribution in [2.24, 2.45) is 0 Å². The lowest BCUT2D eigenvalue weighted by molar-refractivity contribution is -0.123. The molecular formula is C20H25N3O6S3. The second kappa shape index (κ2) is 10.1. The van der Waals surface area contributed by atoms with Gasteiger partial charge >= 0.3 is 0 Å². The number of amides is 2. The smallest absolute Gasteiger partial charge is 0.252 e. The number of ether oxygens (including phenoxy) is 2. The first-order chi connectivity index (χ1) is 15.2. The van der Waals surface area contributed by atoms with E-state index in [1.54, 1.807) is 19.2 Å². The number of methoxy groups -OCH3 is 1. The number of fused-ring (bicyclic) bond motifs is 1. The number of nitrogens with one attached hydrogen (secondary N) is 1. The number of sulfonamides is 1. The zero-order chi connectivity index (χ0) is 23.5. The number of thioether (sulfide) groups is 1. The summed E-state index contributed by atoms with van der Waals surface area (Å²) in [4.78, 5) is 26.4. The number of nitrogens with zero attached hydrogens (tertiary/aromatic N) is 2. The monoisotopic (exact) mass is 499 g/mol. The molecule has 9 nitrogen and oxygen atoms in total. The van der Waals surface area contributed by atoms with Crippen LogP contribution >= 0.6 is 23.1 Å². The predicted octanol–water partition coefficient (Wildman–Crippen LogP) is 2.16. The molecule has 0 atom stereocenters. The Balaban J connectivity index is 1.71. The lowest BCUT2D eigenvalue weighted by atomic mass is 10.2. The molecule has 0 unspecified atom stereocenters. The second-order valence-corrected chi connectivity index (χ2v) is 11.7. The third kappa shape index (κ3) is 5.20. The number of hydrogen-bond donors (Lipinski definition) is 1. The van der Waals surface area contributed by atoms with Crippen LogP contribution < -0.4 is 19.7 Å². The van der Waals surface area contributed by atoms with Gasteiger partial charge in [0.2, 0.25) is 11.8 Å². The molecule has 0 fully saturated rings. The highest BCUT2D eigenvalue weighted by atomic mass is 32.3. The molecule has 2 heterocycles. The number of rotatable bonds is 9. The normalized spacial score (nSPS) is 13.8. The molecule has 0 saturated heterocycles. The van der Waals surface area contributed by atoms with E-state index in [1.807, 2.05) is 13.0 Å². The van der Waals surface area contributed by atoms with E-state index in [4.69, 9.17) is 9.47 Å². The average Bonchev–Trinajstić information content (AvgIpc) is 3.20. The van der Waals surface area contributed by atoms with Crippen molar-refractivity contribution in [1.29, 1.82) is 0 Å². The molecule has 1 aromatic heterocycles. The summed E-state index contributed by atoms with van der Waals surface area (Å²) < 4.78 is 37.7. The molecule has 0 spiro atoms. The van der Waals surface area contributed by atoms with Crippen LogP contribution in [-0.2, 0) is 26.2 Å². The van der Waals surface area contributed by atoms with Crippen LogP contribution in [0.25, 0.3) is 0 Å². The van der Waals surface area contributed by atoms with Crippen molar-refractivity contribution in [3.8, 4) is 11.5 Å². The van der Waals surface area contributed by atoms with Crippen molar-refractivity contribution >= 4 is 50.6 Å². The van der Waals surface area contributed by atoms with Crippen LogP contribution in [-0.4, -0.2) is 64.6 Å². The first-order valence-corrected chi connectivity index (χ1v) is 13.0. The highest BCUT2D eigenvalue weighted by molar-refractivity contribution is 8.02. The molecule has 12 heteroatoms. The van der Waals surface area contributed by atoms with Crippen molar-refractivity contribution in [2.75, 3.05) is 45.0 Å². The molecule has 32 heavy (non-hydrogen) atoms. The van der Waals surface area contributed by atoms with Gasteiger partial charge in [-0.25, -0.2) is 12.7 Å². The third-order valence-corrected chi connectivity index (χ3v) is 9.28. The van der Waals surface area contributed by atoms with Gasteiger partial charge < -0.3 is 19.7 Å². The summed E-state index contributed by atoms with van der Waals surface area (Å²) >= 11 is 2.39. The highest BCUT2D eigenvalue weighted by Crippen LogP contribution is 2.44. The molecule has 1 N–H and O–H groups in total. The fourth-order valence-corrected chi connectivity index (χ4v) is 6.89. The zero-order valence-corrected chi connectivity index (χ0v) is 20.7. The summed E-state index contributed by atoms with van der Waals surface area (Å²) in [5.41, 5.74) is 1.27. The van der Waals surface area contributed by atoms with Gasteiger partial charge in [-0.3, -0.25) is 9.59 Å². The maximum absolute atomic E-state index is 12.6. The molecule has 1 aromatic carbocycles. The minimum Gasteiger partial charge on any atom is -0.493 e. The SMILES string of the molecule is CCOc1ccc(CNC(=O)CN2C(=O)CSc3sc(S(=O)(=O)N(C)C)cc32)cc1OC. The van der Waals surface area contributed by atoms with Crippen molar-refractivity contribution in [1.82, 2.24) is 9.62 Å². The van der Waals surface area contributed by atoms with Gasteiger partial charge in [-0.1, -0.05) is 6.07 Å². The Kier molecular flexibility index (Phi) is 7.70. The van der Waals surface area contributed by atoms with Crippen LogP contribution in [0.1, 0.15) is 12.5 Å². The first-order valence-electron chi connectivity index (χ1n) is 9.73. The van der Waals surface area contributed by atoms with Gasteiger partial charge in [-0.15, -0.1) is 23.1 Å². The van der Waals surface area contributed by atoms with E-state index in [0.29, 0.717) is 28.0 Å². The standard InChI is InChI=1S/C20H25N3O6S3/c1-5-29-15-7-6-13(8-16(15)28-4)10-21-17(24)11-23-14-9-19(32(26,27)22(2)3)31-20(14)30-12-18(23)25/h6-9H,5,10-12H2,1-4H3,(H,21,24). The minimum absolute atomic E-state index is 0.140. The van der Waals surface area contributed by atoms with Crippen LogP contribution in [0.3, 0.4) is 0 Å². The number of benzene rings is 1. The summed E-state index contributed by atoms with van der Waals surface area (Å²) in [5, 5.41) is 2.80. The summed E-state index contributed by atoms with van der Waals surface area (Å²) in [6.07, 6.45) is 0. The van der Waals surface area contributed by atoms with E-state index in [0.717, 1.165) is 21.2 Å². The fraction of sp³-hybridized carbons (Fsp3) is 0.400.